The van der Waals surface area contributed by atoms with Gasteiger partial charge in [-0.1, -0.05) is 38.1 Å². The highest BCUT2D eigenvalue weighted by Crippen LogP contribution is 2.42. The van der Waals surface area contributed by atoms with Gasteiger partial charge in [0.05, 0.1) is 12.9 Å². The first-order chi connectivity index (χ1) is 11.1. The molecule has 3 rings (SSSR count). The summed E-state index contributed by atoms with van der Waals surface area (Å²) in [7, 11) is 1.64. The van der Waals surface area contributed by atoms with E-state index in [2.05, 4.69) is 38.1 Å². The van der Waals surface area contributed by atoms with Gasteiger partial charge in [-0.05, 0) is 41.3 Å². The second kappa shape index (κ2) is 6.67. The van der Waals surface area contributed by atoms with E-state index in [1.54, 1.807) is 18.9 Å². The summed E-state index contributed by atoms with van der Waals surface area (Å²) in [5, 5.41) is 0.0390. The summed E-state index contributed by atoms with van der Waals surface area (Å²) in [5.74, 6) is 1.98. The molecule has 0 unspecified atom stereocenters. The number of carbonyl (C=O) groups excluding carboxylic acids is 1. The molecule has 2 aromatic carbocycles. The molecule has 1 heterocycles. The van der Waals surface area contributed by atoms with E-state index in [4.69, 9.17) is 4.74 Å². The molecule has 4 heteroatoms. The Morgan fingerprint density at radius 3 is 2.30 bits per heavy atom. The van der Waals surface area contributed by atoms with Crippen molar-refractivity contribution in [1.82, 2.24) is 0 Å². The van der Waals surface area contributed by atoms with Crippen LogP contribution in [0.25, 0.3) is 0 Å². The minimum Gasteiger partial charge on any atom is -0.497 e. The maximum absolute atomic E-state index is 12.4. The Bertz CT molecular complexity index is 680. The molecule has 1 fully saturated rings. The molecule has 0 spiro atoms. The maximum Gasteiger partial charge on any atom is 0.238 e. The number of methoxy groups -OCH3 is 1. The van der Waals surface area contributed by atoms with Crippen LogP contribution in [0, 0.1) is 0 Å². The van der Waals surface area contributed by atoms with Crippen molar-refractivity contribution in [3.63, 3.8) is 0 Å². The average molecular weight is 327 g/mol. The van der Waals surface area contributed by atoms with Crippen molar-refractivity contribution in [1.29, 1.82) is 0 Å². The van der Waals surface area contributed by atoms with Crippen molar-refractivity contribution < 1.29 is 9.53 Å². The van der Waals surface area contributed by atoms with Gasteiger partial charge in [0.25, 0.3) is 0 Å². The summed E-state index contributed by atoms with van der Waals surface area (Å²) in [6.07, 6.45) is 0. The largest absolute Gasteiger partial charge is 0.497 e. The lowest BCUT2D eigenvalue weighted by Gasteiger charge is -2.24. The van der Waals surface area contributed by atoms with Crippen LogP contribution in [-0.4, -0.2) is 18.8 Å². The average Bonchev–Trinajstić information content (AvgIpc) is 2.96. The zero-order valence-corrected chi connectivity index (χ0v) is 14.5. The molecule has 0 N–H and O–H groups in total. The first kappa shape index (κ1) is 15.9. The molecule has 0 bridgehead atoms. The molecule has 0 aliphatic carbocycles. The molecule has 1 aliphatic rings. The third-order valence-corrected chi connectivity index (χ3v) is 5.32. The fourth-order valence-corrected chi connectivity index (χ4v) is 3.92. The second-order valence-corrected chi connectivity index (χ2v) is 7.02. The van der Waals surface area contributed by atoms with Crippen molar-refractivity contribution in [2.24, 2.45) is 0 Å². The molecule has 120 valence electrons. The van der Waals surface area contributed by atoms with Gasteiger partial charge in [0, 0.05) is 5.69 Å². The van der Waals surface area contributed by atoms with Gasteiger partial charge in [-0.2, -0.15) is 0 Å². The molecule has 1 atom stereocenters. The summed E-state index contributed by atoms with van der Waals surface area (Å²) in [6.45, 7) is 4.37. The van der Waals surface area contributed by atoms with Crippen LogP contribution in [-0.2, 0) is 4.79 Å². The molecular formula is C19H21NO2S. The van der Waals surface area contributed by atoms with Gasteiger partial charge in [0.2, 0.25) is 5.91 Å². The van der Waals surface area contributed by atoms with Crippen molar-refractivity contribution in [2.45, 2.75) is 25.1 Å². The van der Waals surface area contributed by atoms with E-state index in [1.165, 1.54) is 11.1 Å². The fraction of sp³-hybridized carbons (Fsp3) is 0.316. The predicted octanol–water partition coefficient (Wildman–Crippen LogP) is 4.60. The Hall–Kier alpha value is -1.94. The Kier molecular flexibility index (Phi) is 4.62. The van der Waals surface area contributed by atoms with Gasteiger partial charge in [-0.3, -0.25) is 9.69 Å². The first-order valence-corrected chi connectivity index (χ1v) is 8.82. The van der Waals surface area contributed by atoms with Crippen LogP contribution in [0.1, 0.15) is 36.3 Å². The zero-order chi connectivity index (χ0) is 16.4. The molecule has 0 aromatic heterocycles. The highest BCUT2D eigenvalue weighted by Gasteiger charge is 2.33. The lowest BCUT2D eigenvalue weighted by molar-refractivity contribution is -0.115. The molecule has 0 saturated carbocycles. The summed E-state index contributed by atoms with van der Waals surface area (Å²) >= 11 is 1.68. The number of thioether (sulfide) groups is 1. The standard InChI is InChI=1S/C19H21NO2S/c1-13(2)14-4-6-15(7-5-14)19-20(18(21)12-23-19)16-8-10-17(22-3)11-9-16/h4-11,13,19H,12H2,1-3H3/t19-/m1/s1. The minimum atomic E-state index is 0.0390. The molecule has 1 saturated heterocycles. The Labute approximate surface area is 141 Å². The SMILES string of the molecule is COc1ccc(N2C(=O)CS[C@@H]2c2ccc(C(C)C)cc2)cc1. The van der Waals surface area contributed by atoms with Crippen molar-refractivity contribution >= 4 is 23.4 Å². The summed E-state index contributed by atoms with van der Waals surface area (Å²) < 4.78 is 5.20. The minimum absolute atomic E-state index is 0.0390. The summed E-state index contributed by atoms with van der Waals surface area (Å²) in [5.41, 5.74) is 3.40. The summed E-state index contributed by atoms with van der Waals surface area (Å²) in [6, 6.07) is 16.3. The van der Waals surface area contributed by atoms with Crippen LogP contribution in [0.2, 0.25) is 0 Å². The van der Waals surface area contributed by atoms with Gasteiger partial charge in [-0.25, -0.2) is 0 Å². The van der Waals surface area contributed by atoms with E-state index in [9.17, 15) is 4.79 Å². The molecule has 2 aromatic rings. The second-order valence-electron chi connectivity index (χ2n) is 5.95. The van der Waals surface area contributed by atoms with Crippen molar-refractivity contribution in [3.8, 4) is 5.75 Å². The number of ether oxygens (including phenoxy) is 1. The quantitative estimate of drug-likeness (QED) is 0.822. The molecule has 23 heavy (non-hydrogen) atoms. The first-order valence-electron chi connectivity index (χ1n) is 7.77. The van der Waals surface area contributed by atoms with Gasteiger partial charge in [0.1, 0.15) is 11.1 Å². The van der Waals surface area contributed by atoms with Gasteiger partial charge in [0.15, 0.2) is 0 Å². The third-order valence-electron chi connectivity index (χ3n) is 4.11. The van der Waals surface area contributed by atoms with E-state index >= 15 is 0 Å². The maximum atomic E-state index is 12.4. The molecule has 0 radical (unpaired) electrons. The smallest absolute Gasteiger partial charge is 0.238 e. The predicted molar refractivity (Wildman–Crippen MR) is 96.2 cm³/mol. The number of nitrogens with zero attached hydrogens (tertiary/aromatic N) is 1. The van der Waals surface area contributed by atoms with Gasteiger partial charge in [-0.15, -0.1) is 11.8 Å². The number of hydrogen-bond donors (Lipinski definition) is 0. The van der Waals surface area contributed by atoms with Crippen LogP contribution in [0.3, 0.4) is 0 Å². The number of benzene rings is 2. The summed E-state index contributed by atoms with van der Waals surface area (Å²) in [4.78, 5) is 14.2. The molecule has 1 aliphatic heterocycles. The van der Waals surface area contributed by atoms with Gasteiger partial charge < -0.3 is 4.74 Å². The fourth-order valence-electron chi connectivity index (χ4n) is 2.74. The van der Waals surface area contributed by atoms with Crippen LogP contribution in [0.15, 0.2) is 48.5 Å². The number of rotatable bonds is 4. The zero-order valence-electron chi connectivity index (χ0n) is 13.7. The monoisotopic (exact) mass is 327 g/mol. The number of hydrogen-bond acceptors (Lipinski definition) is 3. The third kappa shape index (κ3) is 3.22. The van der Waals surface area contributed by atoms with Crippen LogP contribution >= 0.6 is 11.8 Å². The molecule has 1 amide bonds. The number of carbonyl (C=O) groups is 1. The van der Waals surface area contributed by atoms with Crippen molar-refractivity contribution in [3.05, 3.63) is 59.7 Å². The van der Waals surface area contributed by atoms with E-state index in [-0.39, 0.29) is 11.3 Å². The highest BCUT2D eigenvalue weighted by molar-refractivity contribution is 8.00. The highest BCUT2D eigenvalue weighted by atomic mass is 32.2. The van der Waals surface area contributed by atoms with E-state index in [0.29, 0.717) is 11.7 Å². The van der Waals surface area contributed by atoms with E-state index in [0.717, 1.165) is 11.4 Å². The molecule has 3 nitrogen and oxygen atoms in total. The van der Waals surface area contributed by atoms with Crippen LogP contribution in [0.4, 0.5) is 5.69 Å². The number of anilines is 1. The van der Waals surface area contributed by atoms with Crippen LogP contribution in [0.5, 0.6) is 5.75 Å². The van der Waals surface area contributed by atoms with Crippen molar-refractivity contribution in [2.75, 3.05) is 17.8 Å². The van der Waals surface area contributed by atoms with E-state index < -0.39 is 0 Å². The Morgan fingerprint density at radius 1 is 1.09 bits per heavy atom. The topological polar surface area (TPSA) is 29.5 Å². The van der Waals surface area contributed by atoms with Gasteiger partial charge >= 0.3 is 0 Å². The number of amides is 1. The lowest BCUT2D eigenvalue weighted by Crippen LogP contribution is -2.27. The normalized spacial score (nSPS) is 17.8. The van der Waals surface area contributed by atoms with Crippen LogP contribution < -0.4 is 9.64 Å². The molecular weight excluding hydrogens is 306 g/mol. The Morgan fingerprint density at radius 2 is 1.74 bits per heavy atom. The Balaban J connectivity index is 1.89. The lowest BCUT2D eigenvalue weighted by atomic mass is 10.0. The van der Waals surface area contributed by atoms with E-state index in [1.807, 2.05) is 29.2 Å².